The zero-order valence-electron chi connectivity index (χ0n) is 12.8. The summed E-state index contributed by atoms with van der Waals surface area (Å²) in [6, 6.07) is 5.78. The smallest absolute Gasteiger partial charge is 0.263 e. The minimum Gasteiger partial charge on any atom is -0.277 e. The number of aryl methyl sites for hydroxylation is 3. The summed E-state index contributed by atoms with van der Waals surface area (Å²) in [5.41, 5.74) is 1.87. The van der Waals surface area contributed by atoms with Crippen LogP contribution in [0.5, 0.6) is 0 Å². The van der Waals surface area contributed by atoms with E-state index in [1.165, 1.54) is 24.4 Å². The van der Waals surface area contributed by atoms with Gasteiger partial charge in [-0.3, -0.25) is 9.40 Å². The molecule has 0 saturated heterocycles. The number of nitrogens with zero attached hydrogens (tertiary/aromatic N) is 3. The number of anilines is 1. The summed E-state index contributed by atoms with van der Waals surface area (Å²) in [6.07, 6.45) is 1.23. The van der Waals surface area contributed by atoms with Gasteiger partial charge in [-0.2, -0.15) is 5.10 Å². The largest absolute Gasteiger partial charge is 0.277 e. The molecule has 0 unspecified atom stereocenters. The van der Waals surface area contributed by atoms with Gasteiger partial charge < -0.3 is 0 Å². The monoisotopic (exact) mass is 334 g/mol. The average Bonchev–Trinajstić information content (AvgIpc) is 2.77. The minimum atomic E-state index is -3.94. The molecule has 0 aliphatic heterocycles. The lowest BCUT2D eigenvalue weighted by Crippen LogP contribution is -2.14. The fraction of sp³-hybridized carbons (Fsp3) is 0.200. The van der Waals surface area contributed by atoms with E-state index < -0.39 is 15.8 Å². The summed E-state index contributed by atoms with van der Waals surface area (Å²) in [5.74, 6) is -0.625. The number of hydrogen-bond donors (Lipinski definition) is 1. The van der Waals surface area contributed by atoms with Crippen LogP contribution in [-0.4, -0.2) is 23.2 Å². The van der Waals surface area contributed by atoms with Crippen molar-refractivity contribution in [2.24, 2.45) is 7.05 Å². The minimum absolute atomic E-state index is 0.0407. The molecule has 6 nitrogen and oxygen atoms in total. The molecule has 0 aliphatic carbocycles. The van der Waals surface area contributed by atoms with E-state index in [0.29, 0.717) is 22.3 Å². The molecule has 0 atom stereocenters. The zero-order chi connectivity index (χ0) is 16.8. The summed E-state index contributed by atoms with van der Waals surface area (Å²) in [6.45, 7) is 3.50. The van der Waals surface area contributed by atoms with Crippen molar-refractivity contribution in [2.75, 3.05) is 4.72 Å². The van der Waals surface area contributed by atoms with Crippen molar-refractivity contribution in [1.82, 2.24) is 14.8 Å². The highest BCUT2D eigenvalue weighted by Gasteiger charge is 2.19. The number of sulfonamides is 1. The molecule has 1 aromatic carbocycles. The van der Waals surface area contributed by atoms with Gasteiger partial charge in [0, 0.05) is 18.6 Å². The van der Waals surface area contributed by atoms with Gasteiger partial charge in [0.2, 0.25) is 0 Å². The average molecular weight is 334 g/mol. The number of hydrogen-bond acceptors (Lipinski definition) is 4. The van der Waals surface area contributed by atoms with E-state index in [1.54, 1.807) is 31.6 Å². The number of fused-ring (bicyclic) bond motifs is 1. The first-order valence-electron chi connectivity index (χ1n) is 6.86. The van der Waals surface area contributed by atoms with Crippen LogP contribution < -0.4 is 4.72 Å². The Morgan fingerprint density at radius 1 is 1.22 bits per heavy atom. The van der Waals surface area contributed by atoms with Crippen LogP contribution in [0.1, 0.15) is 11.3 Å². The van der Waals surface area contributed by atoms with Crippen molar-refractivity contribution in [3.8, 4) is 0 Å². The number of aromatic nitrogens is 3. The lowest BCUT2D eigenvalue weighted by atomic mass is 10.2. The maximum absolute atomic E-state index is 13.9. The van der Waals surface area contributed by atoms with Crippen LogP contribution in [0.15, 0.2) is 35.4 Å². The Morgan fingerprint density at radius 2 is 1.96 bits per heavy atom. The molecule has 0 fully saturated rings. The van der Waals surface area contributed by atoms with Crippen LogP contribution in [0.4, 0.5) is 10.1 Å². The fourth-order valence-corrected chi connectivity index (χ4v) is 3.38. The number of nitrogens with one attached hydrogen (secondary N) is 1. The summed E-state index contributed by atoms with van der Waals surface area (Å²) < 4.78 is 42.6. The number of halogens is 1. The van der Waals surface area contributed by atoms with Crippen LogP contribution in [0.2, 0.25) is 0 Å². The third-order valence-corrected chi connectivity index (χ3v) is 4.85. The van der Waals surface area contributed by atoms with Crippen LogP contribution in [0.3, 0.4) is 0 Å². The summed E-state index contributed by atoms with van der Waals surface area (Å²) in [5, 5.41) is 4.84. The molecule has 0 spiro atoms. The van der Waals surface area contributed by atoms with Gasteiger partial charge >= 0.3 is 0 Å². The quantitative estimate of drug-likeness (QED) is 0.798. The summed E-state index contributed by atoms with van der Waals surface area (Å²) in [4.78, 5) is 4.09. The third-order valence-electron chi connectivity index (χ3n) is 3.52. The van der Waals surface area contributed by atoms with Crippen molar-refractivity contribution in [2.45, 2.75) is 18.7 Å². The van der Waals surface area contributed by atoms with E-state index >= 15 is 0 Å². The van der Waals surface area contributed by atoms with Crippen molar-refractivity contribution < 1.29 is 12.8 Å². The van der Waals surface area contributed by atoms with E-state index in [4.69, 9.17) is 0 Å². The highest BCUT2D eigenvalue weighted by Crippen LogP contribution is 2.23. The molecule has 0 saturated carbocycles. The molecule has 0 aliphatic rings. The predicted octanol–water partition coefficient (Wildman–Crippen LogP) is 2.53. The van der Waals surface area contributed by atoms with Crippen molar-refractivity contribution in [3.63, 3.8) is 0 Å². The molecule has 3 aromatic rings. The van der Waals surface area contributed by atoms with Gasteiger partial charge in [-0.1, -0.05) is 6.07 Å². The Labute approximate surface area is 133 Å². The third kappa shape index (κ3) is 2.77. The van der Waals surface area contributed by atoms with Crippen molar-refractivity contribution in [1.29, 1.82) is 0 Å². The van der Waals surface area contributed by atoms with Crippen molar-refractivity contribution >= 4 is 26.7 Å². The lowest BCUT2D eigenvalue weighted by molar-refractivity contribution is 0.598. The zero-order valence-corrected chi connectivity index (χ0v) is 13.6. The van der Waals surface area contributed by atoms with Crippen molar-refractivity contribution in [3.05, 3.63) is 47.5 Å². The Kier molecular flexibility index (Phi) is 3.56. The van der Waals surface area contributed by atoms with Crippen LogP contribution >= 0.6 is 0 Å². The highest BCUT2D eigenvalue weighted by molar-refractivity contribution is 7.92. The Bertz CT molecular complexity index is 1010. The standard InChI is InChI=1S/C15H15FN4O2S/c1-9-4-5-14(13(16)6-9)19-23(21,22)11-7-12-10(2)18-20(3)15(12)17-8-11/h4-8,19H,1-3H3. The van der Waals surface area contributed by atoms with E-state index in [9.17, 15) is 12.8 Å². The maximum atomic E-state index is 13.9. The van der Waals surface area contributed by atoms with E-state index in [2.05, 4.69) is 14.8 Å². The predicted molar refractivity (Wildman–Crippen MR) is 85.2 cm³/mol. The molecule has 2 aromatic heterocycles. The molecule has 0 bridgehead atoms. The highest BCUT2D eigenvalue weighted by atomic mass is 32.2. The Morgan fingerprint density at radius 3 is 2.65 bits per heavy atom. The summed E-state index contributed by atoms with van der Waals surface area (Å²) in [7, 11) is -2.20. The molecule has 8 heteroatoms. The maximum Gasteiger partial charge on any atom is 0.263 e. The topological polar surface area (TPSA) is 76.9 Å². The first-order chi connectivity index (χ1) is 10.8. The summed E-state index contributed by atoms with van der Waals surface area (Å²) >= 11 is 0. The SMILES string of the molecule is Cc1ccc(NS(=O)(=O)c2cnc3c(c2)c(C)nn3C)c(F)c1. The van der Waals surface area contributed by atoms with Gasteiger partial charge in [-0.05, 0) is 37.6 Å². The lowest BCUT2D eigenvalue weighted by Gasteiger charge is -2.09. The second-order valence-electron chi connectivity index (χ2n) is 5.34. The first kappa shape index (κ1) is 15.4. The molecular formula is C15H15FN4O2S. The molecule has 23 heavy (non-hydrogen) atoms. The molecule has 3 rings (SSSR count). The van der Waals surface area contributed by atoms with Crippen LogP contribution in [0, 0.1) is 19.7 Å². The van der Waals surface area contributed by atoms with E-state index in [1.807, 2.05) is 0 Å². The number of rotatable bonds is 3. The van der Waals surface area contributed by atoms with E-state index in [-0.39, 0.29) is 10.6 Å². The molecule has 0 amide bonds. The molecule has 120 valence electrons. The molecule has 1 N–H and O–H groups in total. The second-order valence-corrected chi connectivity index (χ2v) is 7.02. The normalized spacial score (nSPS) is 11.8. The van der Waals surface area contributed by atoms with Gasteiger partial charge in [0.15, 0.2) is 5.65 Å². The number of pyridine rings is 1. The van der Waals surface area contributed by atoms with Crippen LogP contribution in [0.25, 0.3) is 11.0 Å². The molecule has 0 radical (unpaired) electrons. The van der Waals surface area contributed by atoms with E-state index in [0.717, 1.165) is 0 Å². The first-order valence-corrected chi connectivity index (χ1v) is 8.34. The number of benzene rings is 1. The molecule has 2 heterocycles. The van der Waals surface area contributed by atoms with Gasteiger partial charge in [0.05, 0.1) is 11.4 Å². The van der Waals surface area contributed by atoms with Gasteiger partial charge in [-0.15, -0.1) is 0 Å². The Balaban J connectivity index is 2.04. The second kappa shape index (κ2) is 5.31. The molecular weight excluding hydrogens is 319 g/mol. The van der Waals surface area contributed by atoms with Crippen LogP contribution in [-0.2, 0) is 17.1 Å². The Hall–Kier alpha value is -2.48. The van der Waals surface area contributed by atoms with Gasteiger partial charge in [0.25, 0.3) is 10.0 Å². The fourth-order valence-electron chi connectivity index (χ4n) is 2.34. The van der Waals surface area contributed by atoms with Gasteiger partial charge in [0.1, 0.15) is 10.7 Å². The van der Waals surface area contributed by atoms with Gasteiger partial charge in [-0.25, -0.2) is 17.8 Å².